The standard InChI is InChI=1S/C18H19ClO4S/c1-12-2-4-13(5-3-12)16-17(18(16,10-20)11-21)24(22,23)15-8-6-14(19)7-9-15/h2-9,16-17,20-21H,10-11H2,1H3/t16-,17+/m0/s1. The molecule has 128 valence electrons. The highest BCUT2D eigenvalue weighted by atomic mass is 35.5. The minimum Gasteiger partial charge on any atom is -0.396 e. The van der Waals surface area contributed by atoms with E-state index in [0.29, 0.717) is 5.02 Å². The van der Waals surface area contributed by atoms with Crippen LogP contribution in [0.1, 0.15) is 17.0 Å². The van der Waals surface area contributed by atoms with E-state index in [0.717, 1.165) is 11.1 Å². The summed E-state index contributed by atoms with van der Waals surface area (Å²) in [6.45, 7) is 1.17. The molecule has 0 radical (unpaired) electrons. The van der Waals surface area contributed by atoms with Crippen LogP contribution in [0.4, 0.5) is 0 Å². The highest BCUT2D eigenvalue weighted by Gasteiger charge is 2.70. The van der Waals surface area contributed by atoms with Crippen LogP contribution in [-0.2, 0) is 9.84 Å². The maximum Gasteiger partial charge on any atom is 0.182 e. The summed E-state index contributed by atoms with van der Waals surface area (Å²) in [6.07, 6.45) is 0. The molecule has 0 amide bonds. The fourth-order valence-corrected chi connectivity index (χ4v) is 5.98. The third kappa shape index (κ3) is 2.65. The highest BCUT2D eigenvalue weighted by Crippen LogP contribution is 2.63. The molecule has 2 aromatic carbocycles. The number of aliphatic hydroxyl groups excluding tert-OH is 2. The van der Waals surface area contributed by atoms with E-state index in [1.807, 2.05) is 31.2 Å². The van der Waals surface area contributed by atoms with Crippen molar-refractivity contribution < 1.29 is 18.6 Å². The largest absolute Gasteiger partial charge is 0.396 e. The monoisotopic (exact) mass is 366 g/mol. The van der Waals surface area contributed by atoms with Crippen LogP contribution in [0.25, 0.3) is 0 Å². The molecule has 1 aliphatic carbocycles. The van der Waals surface area contributed by atoms with E-state index in [2.05, 4.69) is 0 Å². The third-order valence-electron chi connectivity index (χ3n) is 4.88. The molecule has 0 unspecified atom stereocenters. The maximum absolute atomic E-state index is 13.0. The van der Waals surface area contributed by atoms with Crippen molar-refractivity contribution in [2.45, 2.75) is 23.0 Å². The summed E-state index contributed by atoms with van der Waals surface area (Å²) in [7, 11) is -3.70. The molecule has 6 heteroatoms. The van der Waals surface area contributed by atoms with E-state index >= 15 is 0 Å². The SMILES string of the molecule is Cc1ccc([C@H]2[C@@H](S(=O)(=O)c3ccc(Cl)cc3)C2(CO)CO)cc1. The molecule has 0 saturated heterocycles. The average molecular weight is 367 g/mol. The first-order valence-electron chi connectivity index (χ1n) is 7.64. The number of aryl methyl sites for hydroxylation is 1. The minimum atomic E-state index is -3.70. The lowest BCUT2D eigenvalue weighted by Gasteiger charge is -2.11. The number of halogens is 1. The van der Waals surface area contributed by atoms with Gasteiger partial charge in [-0.05, 0) is 36.8 Å². The average Bonchev–Trinajstić information content (AvgIpc) is 3.26. The third-order valence-corrected chi connectivity index (χ3v) is 7.47. The molecule has 3 rings (SSSR count). The second-order valence-corrected chi connectivity index (χ2v) is 8.86. The van der Waals surface area contributed by atoms with Gasteiger partial charge in [0.2, 0.25) is 0 Å². The Morgan fingerprint density at radius 2 is 1.54 bits per heavy atom. The van der Waals surface area contributed by atoms with Gasteiger partial charge in [-0.3, -0.25) is 0 Å². The normalized spacial score (nSPS) is 22.3. The van der Waals surface area contributed by atoms with Crippen molar-refractivity contribution in [3.05, 3.63) is 64.7 Å². The molecule has 0 heterocycles. The van der Waals surface area contributed by atoms with E-state index in [4.69, 9.17) is 11.6 Å². The number of benzene rings is 2. The first kappa shape index (κ1) is 17.4. The molecule has 1 aliphatic rings. The van der Waals surface area contributed by atoms with Crippen LogP contribution in [0, 0.1) is 12.3 Å². The van der Waals surface area contributed by atoms with Gasteiger partial charge >= 0.3 is 0 Å². The summed E-state index contributed by atoms with van der Waals surface area (Å²) < 4.78 is 26.0. The lowest BCUT2D eigenvalue weighted by Crippen LogP contribution is -2.23. The van der Waals surface area contributed by atoms with Gasteiger partial charge < -0.3 is 10.2 Å². The molecule has 2 atom stereocenters. The van der Waals surface area contributed by atoms with Gasteiger partial charge in [0.1, 0.15) is 0 Å². The molecule has 1 fully saturated rings. The predicted molar refractivity (Wildman–Crippen MR) is 93.0 cm³/mol. The van der Waals surface area contributed by atoms with E-state index in [9.17, 15) is 18.6 Å². The summed E-state index contributed by atoms with van der Waals surface area (Å²) in [4.78, 5) is 0.151. The molecular weight excluding hydrogens is 348 g/mol. The fraction of sp³-hybridized carbons (Fsp3) is 0.333. The Balaban J connectivity index is 2.04. The van der Waals surface area contributed by atoms with Crippen molar-refractivity contribution >= 4 is 21.4 Å². The first-order valence-corrected chi connectivity index (χ1v) is 9.57. The van der Waals surface area contributed by atoms with Gasteiger partial charge in [-0.1, -0.05) is 41.4 Å². The lowest BCUT2D eigenvalue weighted by molar-refractivity contribution is 0.130. The number of hydrogen-bond donors (Lipinski definition) is 2. The summed E-state index contributed by atoms with van der Waals surface area (Å²) in [5, 5.41) is 19.2. The van der Waals surface area contributed by atoms with Crippen LogP contribution >= 0.6 is 11.6 Å². The van der Waals surface area contributed by atoms with Crippen LogP contribution in [0.3, 0.4) is 0 Å². The topological polar surface area (TPSA) is 74.6 Å². The molecule has 0 bridgehead atoms. The van der Waals surface area contributed by atoms with Crippen LogP contribution in [0.2, 0.25) is 5.02 Å². The zero-order valence-corrected chi connectivity index (χ0v) is 14.8. The van der Waals surface area contributed by atoms with Gasteiger partial charge in [-0.15, -0.1) is 0 Å². The van der Waals surface area contributed by atoms with Gasteiger partial charge in [-0.2, -0.15) is 0 Å². The molecule has 0 aromatic heterocycles. The fourth-order valence-electron chi connectivity index (χ4n) is 3.42. The van der Waals surface area contributed by atoms with Crippen molar-refractivity contribution in [2.24, 2.45) is 5.41 Å². The summed E-state index contributed by atoms with van der Waals surface area (Å²) in [5.74, 6) is -0.436. The molecule has 0 spiro atoms. The lowest BCUT2D eigenvalue weighted by atomic mass is 10.00. The maximum atomic E-state index is 13.0. The van der Waals surface area contributed by atoms with E-state index in [1.165, 1.54) is 24.3 Å². The van der Waals surface area contributed by atoms with Crippen molar-refractivity contribution in [2.75, 3.05) is 13.2 Å². The summed E-state index contributed by atoms with van der Waals surface area (Å²) in [6, 6.07) is 13.5. The van der Waals surface area contributed by atoms with Gasteiger partial charge in [0.25, 0.3) is 0 Å². The van der Waals surface area contributed by atoms with E-state index in [1.54, 1.807) is 0 Å². The van der Waals surface area contributed by atoms with Crippen LogP contribution in [0.15, 0.2) is 53.4 Å². The number of aliphatic hydroxyl groups is 2. The van der Waals surface area contributed by atoms with Gasteiger partial charge in [0, 0.05) is 16.4 Å². The second-order valence-electron chi connectivity index (χ2n) is 6.36. The molecular formula is C18H19ClO4S. The van der Waals surface area contributed by atoms with Gasteiger partial charge in [0.15, 0.2) is 9.84 Å². The van der Waals surface area contributed by atoms with Crippen LogP contribution < -0.4 is 0 Å². The Kier molecular flexibility index (Phi) is 4.47. The Morgan fingerprint density at radius 1 is 1.00 bits per heavy atom. The molecule has 4 nitrogen and oxygen atoms in total. The Hall–Kier alpha value is -1.40. The zero-order valence-electron chi connectivity index (χ0n) is 13.2. The van der Waals surface area contributed by atoms with Crippen molar-refractivity contribution in [3.8, 4) is 0 Å². The summed E-state index contributed by atoms with van der Waals surface area (Å²) in [5.41, 5.74) is 0.814. The van der Waals surface area contributed by atoms with Crippen molar-refractivity contribution in [3.63, 3.8) is 0 Å². The first-order chi connectivity index (χ1) is 11.4. The van der Waals surface area contributed by atoms with Gasteiger partial charge in [-0.25, -0.2) is 8.42 Å². The van der Waals surface area contributed by atoms with Crippen molar-refractivity contribution in [1.29, 1.82) is 0 Å². The quantitative estimate of drug-likeness (QED) is 0.852. The van der Waals surface area contributed by atoms with Crippen LogP contribution in [0.5, 0.6) is 0 Å². The second kappa shape index (κ2) is 6.15. The molecule has 0 aliphatic heterocycles. The Bertz CT molecular complexity index is 824. The zero-order chi connectivity index (χ0) is 17.5. The summed E-state index contributed by atoms with van der Waals surface area (Å²) >= 11 is 5.83. The number of sulfone groups is 1. The minimum absolute atomic E-state index is 0.151. The Morgan fingerprint density at radius 3 is 2.04 bits per heavy atom. The Labute approximate surface area is 146 Å². The molecule has 24 heavy (non-hydrogen) atoms. The smallest absolute Gasteiger partial charge is 0.182 e. The van der Waals surface area contributed by atoms with Crippen LogP contribution in [-0.4, -0.2) is 37.1 Å². The molecule has 2 N–H and O–H groups in total. The van der Waals surface area contributed by atoms with E-state index in [-0.39, 0.29) is 18.1 Å². The predicted octanol–water partition coefficient (Wildman–Crippen LogP) is 2.56. The highest BCUT2D eigenvalue weighted by molar-refractivity contribution is 7.92. The van der Waals surface area contributed by atoms with Gasteiger partial charge in [0.05, 0.1) is 23.4 Å². The molecule has 2 aromatic rings. The molecule has 1 saturated carbocycles. The number of rotatable bonds is 5. The van der Waals surface area contributed by atoms with Crippen molar-refractivity contribution in [1.82, 2.24) is 0 Å². The number of hydrogen-bond acceptors (Lipinski definition) is 4. The van der Waals surface area contributed by atoms with E-state index < -0.39 is 26.4 Å².